The largest absolute Gasteiger partial charge is 0.313 e. The summed E-state index contributed by atoms with van der Waals surface area (Å²) in [6.45, 7) is 11.9. The van der Waals surface area contributed by atoms with Gasteiger partial charge in [0.2, 0.25) is 0 Å². The first-order valence-electron chi connectivity index (χ1n) is 10.5. The van der Waals surface area contributed by atoms with Gasteiger partial charge in [0.1, 0.15) is 5.00 Å². The number of amides is 1. The standard InChI is InChI=1S/C24H29N3OS2/c1-4-26-12-14-27(15-13-26)22(19-9-6-5-7-10-19)21-17(2)18(3)30-24(21)25-23(28)20-11-8-16-29-20/h5-11,16,22H,4,12-15H2,1-3H3,(H,25,28)/t22-/m1/s1. The van der Waals surface area contributed by atoms with Crippen LogP contribution in [0.4, 0.5) is 5.00 Å². The van der Waals surface area contributed by atoms with Crippen LogP contribution in [-0.2, 0) is 0 Å². The smallest absolute Gasteiger partial charge is 0.266 e. The van der Waals surface area contributed by atoms with Crippen molar-refractivity contribution in [1.29, 1.82) is 0 Å². The number of likely N-dealkylation sites (N-methyl/N-ethyl adjacent to an activating group) is 1. The van der Waals surface area contributed by atoms with Gasteiger partial charge in [-0.2, -0.15) is 0 Å². The summed E-state index contributed by atoms with van der Waals surface area (Å²) in [5.74, 6) is -0.0184. The number of aryl methyl sites for hydroxylation is 1. The number of carbonyl (C=O) groups excluding carboxylic acids is 1. The quantitative estimate of drug-likeness (QED) is 0.558. The molecule has 0 aliphatic carbocycles. The average molecular weight is 440 g/mol. The maximum atomic E-state index is 12.9. The van der Waals surface area contributed by atoms with Gasteiger partial charge in [-0.3, -0.25) is 9.69 Å². The fourth-order valence-corrected chi connectivity index (χ4v) is 5.88. The molecule has 1 amide bonds. The molecule has 1 fully saturated rings. The molecular weight excluding hydrogens is 410 g/mol. The lowest BCUT2D eigenvalue weighted by atomic mass is 9.94. The summed E-state index contributed by atoms with van der Waals surface area (Å²) < 4.78 is 0. The van der Waals surface area contributed by atoms with Crippen molar-refractivity contribution >= 4 is 33.6 Å². The molecule has 1 aromatic carbocycles. The zero-order chi connectivity index (χ0) is 21.1. The lowest BCUT2D eigenvalue weighted by Crippen LogP contribution is -2.47. The number of benzene rings is 1. The Kier molecular flexibility index (Phi) is 6.68. The van der Waals surface area contributed by atoms with Gasteiger partial charge in [0.15, 0.2) is 0 Å². The van der Waals surface area contributed by atoms with E-state index in [0.717, 1.165) is 42.6 Å². The Hall–Kier alpha value is -1.99. The molecule has 6 heteroatoms. The molecule has 0 radical (unpaired) electrons. The molecule has 4 nitrogen and oxygen atoms in total. The maximum Gasteiger partial charge on any atom is 0.266 e. The number of nitrogens with one attached hydrogen (secondary N) is 1. The van der Waals surface area contributed by atoms with Gasteiger partial charge in [-0.15, -0.1) is 22.7 Å². The van der Waals surface area contributed by atoms with E-state index in [1.165, 1.54) is 32.9 Å². The fraction of sp³-hybridized carbons (Fsp3) is 0.375. The second-order valence-electron chi connectivity index (χ2n) is 7.74. The Bertz CT molecular complexity index is 974. The van der Waals surface area contributed by atoms with Crippen LogP contribution in [0, 0.1) is 13.8 Å². The monoisotopic (exact) mass is 439 g/mol. The molecular formula is C24H29N3OS2. The minimum Gasteiger partial charge on any atom is -0.313 e. The SMILES string of the molecule is CCN1CCN([C@H](c2ccccc2)c2c(NC(=O)c3cccs3)sc(C)c2C)CC1. The summed E-state index contributed by atoms with van der Waals surface area (Å²) in [5.41, 5.74) is 3.82. The number of piperazine rings is 1. The molecule has 1 N–H and O–H groups in total. The Labute approximate surface area is 187 Å². The van der Waals surface area contributed by atoms with Gasteiger partial charge < -0.3 is 10.2 Å². The van der Waals surface area contributed by atoms with E-state index in [1.807, 2.05) is 17.5 Å². The maximum absolute atomic E-state index is 12.9. The number of nitrogens with zero attached hydrogens (tertiary/aromatic N) is 2. The minimum atomic E-state index is -0.0184. The molecule has 2 aromatic heterocycles. The van der Waals surface area contributed by atoms with Crippen molar-refractivity contribution in [2.75, 3.05) is 38.0 Å². The van der Waals surface area contributed by atoms with Gasteiger partial charge in [0.25, 0.3) is 5.91 Å². The highest BCUT2D eigenvalue weighted by molar-refractivity contribution is 7.17. The average Bonchev–Trinajstić information content (AvgIpc) is 3.40. The summed E-state index contributed by atoms with van der Waals surface area (Å²) in [6.07, 6.45) is 0. The van der Waals surface area contributed by atoms with Crippen molar-refractivity contribution in [3.05, 3.63) is 74.3 Å². The Balaban J connectivity index is 1.72. The Morgan fingerprint density at radius 2 is 1.80 bits per heavy atom. The molecule has 0 unspecified atom stereocenters. The van der Waals surface area contributed by atoms with Crippen molar-refractivity contribution in [1.82, 2.24) is 9.80 Å². The topological polar surface area (TPSA) is 35.6 Å². The van der Waals surface area contributed by atoms with Gasteiger partial charge in [-0.25, -0.2) is 0 Å². The van der Waals surface area contributed by atoms with Crippen LogP contribution in [-0.4, -0.2) is 48.4 Å². The van der Waals surface area contributed by atoms with E-state index in [4.69, 9.17) is 0 Å². The van der Waals surface area contributed by atoms with Crippen LogP contribution >= 0.6 is 22.7 Å². The molecule has 1 aliphatic rings. The van der Waals surface area contributed by atoms with Crippen LogP contribution in [0.5, 0.6) is 0 Å². The first kappa shape index (κ1) is 21.2. The van der Waals surface area contributed by atoms with Crippen LogP contribution in [0.1, 0.15) is 44.2 Å². The second-order valence-corrected chi connectivity index (χ2v) is 9.91. The number of rotatable bonds is 6. The Morgan fingerprint density at radius 3 is 2.43 bits per heavy atom. The molecule has 0 spiro atoms. The lowest BCUT2D eigenvalue weighted by molar-refractivity contribution is 0.102. The van der Waals surface area contributed by atoms with Crippen LogP contribution < -0.4 is 5.32 Å². The van der Waals surface area contributed by atoms with Gasteiger partial charge in [-0.1, -0.05) is 43.3 Å². The van der Waals surface area contributed by atoms with Gasteiger partial charge in [-0.05, 0) is 43.0 Å². The minimum absolute atomic E-state index is 0.0184. The predicted molar refractivity (Wildman–Crippen MR) is 128 cm³/mol. The highest BCUT2D eigenvalue weighted by Crippen LogP contribution is 2.42. The van der Waals surface area contributed by atoms with E-state index in [2.05, 4.69) is 66.2 Å². The third-order valence-electron chi connectivity index (χ3n) is 6.01. The highest BCUT2D eigenvalue weighted by atomic mass is 32.1. The summed E-state index contributed by atoms with van der Waals surface area (Å²) in [6, 6.07) is 14.7. The van der Waals surface area contributed by atoms with Crippen molar-refractivity contribution < 1.29 is 4.79 Å². The molecule has 3 aromatic rings. The number of hydrogen-bond donors (Lipinski definition) is 1. The van der Waals surface area contributed by atoms with E-state index >= 15 is 0 Å². The molecule has 1 saturated heterocycles. The molecule has 3 heterocycles. The van der Waals surface area contributed by atoms with Gasteiger partial charge in [0, 0.05) is 36.6 Å². The molecule has 1 atom stereocenters. The summed E-state index contributed by atoms with van der Waals surface area (Å²) in [5, 5.41) is 6.16. The van der Waals surface area contributed by atoms with Crippen molar-refractivity contribution in [2.45, 2.75) is 26.8 Å². The summed E-state index contributed by atoms with van der Waals surface area (Å²) >= 11 is 3.17. The molecule has 4 rings (SSSR count). The van der Waals surface area contributed by atoms with Gasteiger partial charge >= 0.3 is 0 Å². The molecule has 1 aliphatic heterocycles. The normalized spacial score (nSPS) is 16.5. The van der Waals surface area contributed by atoms with Gasteiger partial charge in [0.05, 0.1) is 10.9 Å². The lowest BCUT2D eigenvalue weighted by Gasteiger charge is -2.39. The van der Waals surface area contributed by atoms with Crippen LogP contribution in [0.3, 0.4) is 0 Å². The highest BCUT2D eigenvalue weighted by Gasteiger charge is 2.31. The summed E-state index contributed by atoms with van der Waals surface area (Å²) in [4.78, 5) is 19.9. The molecule has 158 valence electrons. The zero-order valence-corrected chi connectivity index (χ0v) is 19.5. The fourth-order valence-electron chi connectivity index (χ4n) is 4.17. The van der Waals surface area contributed by atoms with Crippen molar-refractivity contribution in [3.63, 3.8) is 0 Å². The van der Waals surface area contributed by atoms with Crippen LogP contribution in [0.25, 0.3) is 0 Å². The van der Waals surface area contributed by atoms with E-state index in [9.17, 15) is 4.79 Å². The van der Waals surface area contributed by atoms with Crippen molar-refractivity contribution in [3.8, 4) is 0 Å². The zero-order valence-electron chi connectivity index (χ0n) is 17.9. The van der Waals surface area contributed by atoms with E-state index in [0.29, 0.717) is 0 Å². The van der Waals surface area contributed by atoms with Crippen LogP contribution in [0.2, 0.25) is 0 Å². The van der Waals surface area contributed by atoms with E-state index in [1.54, 1.807) is 11.3 Å². The molecule has 30 heavy (non-hydrogen) atoms. The first-order chi connectivity index (χ1) is 14.6. The predicted octanol–water partition coefficient (Wildman–Crippen LogP) is 5.41. The van der Waals surface area contributed by atoms with E-state index in [-0.39, 0.29) is 11.9 Å². The number of hydrogen-bond acceptors (Lipinski definition) is 5. The molecule has 0 bridgehead atoms. The third-order valence-corrected chi connectivity index (χ3v) is 8.02. The molecule has 0 saturated carbocycles. The first-order valence-corrected chi connectivity index (χ1v) is 12.2. The third kappa shape index (κ3) is 4.37. The summed E-state index contributed by atoms with van der Waals surface area (Å²) in [7, 11) is 0. The number of carbonyl (C=O) groups is 1. The van der Waals surface area contributed by atoms with Crippen molar-refractivity contribution in [2.24, 2.45) is 0 Å². The van der Waals surface area contributed by atoms with E-state index < -0.39 is 0 Å². The van der Waals surface area contributed by atoms with Crippen LogP contribution in [0.15, 0.2) is 47.8 Å². The Morgan fingerprint density at radius 1 is 1.07 bits per heavy atom. The second kappa shape index (κ2) is 9.43. The number of anilines is 1. The number of thiophene rings is 2.